The summed E-state index contributed by atoms with van der Waals surface area (Å²) >= 11 is 0. The van der Waals surface area contributed by atoms with Crippen LogP contribution < -0.4 is 0 Å². The van der Waals surface area contributed by atoms with Crippen molar-refractivity contribution in [2.24, 2.45) is 11.3 Å². The second-order valence-corrected chi connectivity index (χ2v) is 4.00. The molecular weight excluding hydrogens is 128 g/mol. The van der Waals surface area contributed by atoms with Gasteiger partial charge >= 0.3 is 5.97 Å². The number of aliphatic carboxylic acids is 1. The molecule has 0 aromatic heterocycles. The van der Waals surface area contributed by atoms with E-state index in [1.54, 1.807) is 6.92 Å². The molecule has 0 spiro atoms. The Morgan fingerprint density at radius 1 is 1.50 bits per heavy atom. The third kappa shape index (κ3) is 4.36. The van der Waals surface area contributed by atoms with Gasteiger partial charge in [0.15, 0.2) is 0 Å². The predicted molar refractivity (Wildman–Crippen MR) is 40.9 cm³/mol. The summed E-state index contributed by atoms with van der Waals surface area (Å²) in [4.78, 5) is 10.4. The molecule has 0 unspecified atom stereocenters. The Kier molecular flexibility index (Phi) is 2.88. The maximum absolute atomic E-state index is 10.4. The van der Waals surface area contributed by atoms with E-state index >= 15 is 0 Å². The first-order valence-corrected chi connectivity index (χ1v) is 3.56. The average Bonchev–Trinajstić information content (AvgIpc) is 1.60. The standard InChI is InChI=1S/C8H16O2/c1-6(7(9)10)5-8(2,3)4/h6H,5H2,1-4H3,(H,9,10)/t6-/m0/s1. The summed E-state index contributed by atoms with van der Waals surface area (Å²) in [6.07, 6.45) is 0.738. The van der Waals surface area contributed by atoms with E-state index in [1.807, 2.05) is 20.8 Å². The fourth-order valence-corrected chi connectivity index (χ4v) is 1.01. The van der Waals surface area contributed by atoms with Crippen LogP contribution in [-0.4, -0.2) is 11.1 Å². The Bertz CT molecular complexity index is 122. The largest absolute Gasteiger partial charge is 0.481 e. The minimum absolute atomic E-state index is 0.123. The van der Waals surface area contributed by atoms with Crippen LogP contribution in [0.3, 0.4) is 0 Å². The van der Waals surface area contributed by atoms with E-state index in [4.69, 9.17) is 5.11 Å². The van der Waals surface area contributed by atoms with Gasteiger partial charge in [-0.2, -0.15) is 0 Å². The lowest BCUT2D eigenvalue weighted by Crippen LogP contribution is -2.17. The molecule has 0 fully saturated rings. The van der Waals surface area contributed by atoms with Crippen molar-refractivity contribution in [1.29, 1.82) is 0 Å². The maximum Gasteiger partial charge on any atom is 0.306 e. The number of hydrogen-bond acceptors (Lipinski definition) is 1. The third-order valence-corrected chi connectivity index (χ3v) is 1.34. The van der Waals surface area contributed by atoms with Gasteiger partial charge in [0, 0.05) is 0 Å². The highest BCUT2D eigenvalue weighted by Gasteiger charge is 2.19. The van der Waals surface area contributed by atoms with Crippen molar-refractivity contribution < 1.29 is 9.90 Å². The summed E-state index contributed by atoms with van der Waals surface area (Å²) in [5, 5.41) is 8.55. The van der Waals surface area contributed by atoms with Crippen molar-refractivity contribution in [1.82, 2.24) is 0 Å². The van der Waals surface area contributed by atoms with Gasteiger partial charge in [-0.05, 0) is 11.8 Å². The molecule has 60 valence electrons. The first-order chi connectivity index (χ1) is 4.33. The highest BCUT2D eigenvalue weighted by Crippen LogP contribution is 2.23. The molecule has 0 rings (SSSR count). The lowest BCUT2D eigenvalue weighted by atomic mass is 9.86. The molecule has 1 atom stereocenters. The number of hydrogen-bond donors (Lipinski definition) is 1. The van der Waals surface area contributed by atoms with Crippen LogP contribution in [0.15, 0.2) is 0 Å². The first kappa shape index (κ1) is 9.47. The third-order valence-electron chi connectivity index (χ3n) is 1.34. The van der Waals surface area contributed by atoms with Gasteiger partial charge in [0.2, 0.25) is 0 Å². The van der Waals surface area contributed by atoms with Crippen molar-refractivity contribution in [2.45, 2.75) is 34.1 Å². The Labute approximate surface area is 62.2 Å². The molecule has 0 aliphatic rings. The van der Waals surface area contributed by atoms with Crippen molar-refractivity contribution in [3.05, 3.63) is 0 Å². The van der Waals surface area contributed by atoms with E-state index in [1.165, 1.54) is 0 Å². The topological polar surface area (TPSA) is 37.3 Å². The molecule has 0 aromatic carbocycles. The molecule has 0 saturated carbocycles. The van der Waals surface area contributed by atoms with Crippen LogP contribution in [0.4, 0.5) is 0 Å². The summed E-state index contributed by atoms with van der Waals surface area (Å²) in [5.41, 5.74) is 0.123. The van der Waals surface area contributed by atoms with Crippen LogP contribution in [0.25, 0.3) is 0 Å². The number of carboxylic acid groups (broad SMARTS) is 1. The normalized spacial score (nSPS) is 14.8. The van der Waals surface area contributed by atoms with E-state index in [2.05, 4.69) is 0 Å². The summed E-state index contributed by atoms with van der Waals surface area (Å²) in [6, 6.07) is 0. The lowest BCUT2D eigenvalue weighted by Gasteiger charge is -2.20. The van der Waals surface area contributed by atoms with Crippen molar-refractivity contribution in [3.63, 3.8) is 0 Å². The monoisotopic (exact) mass is 144 g/mol. The second-order valence-electron chi connectivity index (χ2n) is 4.00. The average molecular weight is 144 g/mol. The van der Waals surface area contributed by atoms with E-state index < -0.39 is 5.97 Å². The second kappa shape index (κ2) is 3.04. The molecule has 0 bridgehead atoms. The van der Waals surface area contributed by atoms with Gasteiger partial charge in [0.25, 0.3) is 0 Å². The number of carbonyl (C=O) groups is 1. The smallest absolute Gasteiger partial charge is 0.306 e. The minimum atomic E-state index is -0.699. The Morgan fingerprint density at radius 2 is 1.90 bits per heavy atom. The zero-order valence-corrected chi connectivity index (χ0v) is 7.14. The van der Waals surface area contributed by atoms with E-state index in [-0.39, 0.29) is 11.3 Å². The number of carboxylic acids is 1. The molecule has 0 aliphatic heterocycles. The molecule has 0 aliphatic carbocycles. The fourth-order valence-electron chi connectivity index (χ4n) is 1.01. The molecule has 0 saturated heterocycles. The molecule has 0 heterocycles. The van der Waals surface area contributed by atoms with Crippen LogP contribution in [0.2, 0.25) is 0 Å². The predicted octanol–water partition coefficient (Wildman–Crippen LogP) is 2.14. The molecular formula is C8H16O2. The van der Waals surface area contributed by atoms with Crippen molar-refractivity contribution in [2.75, 3.05) is 0 Å². The van der Waals surface area contributed by atoms with Crippen LogP contribution in [0, 0.1) is 11.3 Å². The van der Waals surface area contributed by atoms with Gasteiger partial charge < -0.3 is 5.11 Å². The quantitative estimate of drug-likeness (QED) is 0.644. The van der Waals surface area contributed by atoms with Crippen molar-refractivity contribution in [3.8, 4) is 0 Å². The van der Waals surface area contributed by atoms with Gasteiger partial charge in [-0.1, -0.05) is 27.7 Å². The Morgan fingerprint density at radius 3 is 2.00 bits per heavy atom. The Balaban J connectivity index is 3.80. The molecule has 0 aromatic rings. The van der Waals surface area contributed by atoms with E-state index in [9.17, 15) is 4.79 Å². The summed E-state index contributed by atoms with van der Waals surface area (Å²) in [7, 11) is 0. The molecule has 0 radical (unpaired) electrons. The van der Waals surface area contributed by atoms with E-state index in [0.29, 0.717) is 0 Å². The van der Waals surface area contributed by atoms with Gasteiger partial charge in [-0.25, -0.2) is 0 Å². The molecule has 1 N–H and O–H groups in total. The SMILES string of the molecule is C[C@@H](CC(C)(C)C)C(=O)O. The highest BCUT2D eigenvalue weighted by molar-refractivity contribution is 5.69. The van der Waals surface area contributed by atoms with Gasteiger partial charge in [0.05, 0.1) is 5.92 Å². The zero-order chi connectivity index (χ0) is 8.36. The summed E-state index contributed by atoms with van der Waals surface area (Å²) in [5.74, 6) is -0.921. The lowest BCUT2D eigenvalue weighted by molar-refractivity contribution is -0.142. The zero-order valence-electron chi connectivity index (χ0n) is 7.14. The van der Waals surface area contributed by atoms with Crippen LogP contribution in [0.5, 0.6) is 0 Å². The molecule has 2 nitrogen and oxygen atoms in total. The molecule has 2 heteroatoms. The number of rotatable bonds is 2. The molecule has 0 amide bonds. The fraction of sp³-hybridized carbons (Fsp3) is 0.875. The summed E-state index contributed by atoms with van der Waals surface area (Å²) in [6.45, 7) is 7.89. The van der Waals surface area contributed by atoms with Crippen molar-refractivity contribution >= 4 is 5.97 Å². The minimum Gasteiger partial charge on any atom is -0.481 e. The maximum atomic E-state index is 10.4. The van der Waals surface area contributed by atoms with Crippen LogP contribution in [0.1, 0.15) is 34.1 Å². The molecule has 10 heavy (non-hydrogen) atoms. The van der Waals surface area contributed by atoms with E-state index in [0.717, 1.165) is 6.42 Å². The van der Waals surface area contributed by atoms with Gasteiger partial charge in [-0.3, -0.25) is 4.79 Å². The van der Waals surface area contributed by atoms with Gasteiger partial charge in [0.1, 0.15) is 0 Å². The first-order valence-electron chi connectivity index (χ1n) is 3.56. The summed E-state index contributed by atoms with van der Waals surface area (Å²) < 4.78 is 0. The Hall–Kier alpha value is -0.530. The van der Waals surface area contributed by atoms with Gasteiger partial charge in [-0.15, -0.1) is 0 Å². The van der Waals surface area contributed by atoms with Crippen LogP contribution >= 0.6 is 0 Å². The highest BCUT2D eigenvalue weighted by atomic mass is 16.4. The van der Waals surface area contributed by atoms with Crippen LogP contribution in [-0.2, 0) is 4.79 Å².